The molecule has 1 aromatic heterocycles. The smallest absolute Gasteiger partial charge is 0.0541 e. The van der Waals surface area contributed by atoms with Crippen molar-refractivity contribution in [2.45, 2.75) is 44.7 Å². The first-order chi connectivity index (χ1) is 9.43. The highest BCUT2D eigenvalue weighted by atomic mass is 15.2. The van der Waals surface area contributed by atoms with E-state index in [4.69, 9.17) is 0 Å². The summed E-state index contributed by atoms with van der Waals surface area (Å²) in [4.78, 5) is 7.07. The molecule has 1 aliphatic carbocycles. The number of fused-ring (bicyclic) bond motifs is 1. The Morgan fingerprint density at radius 2 is 2.16 bits per heavy atom. The van der Waals surface area contributed by atoms with Crippen molar-refractivity contribution in [2.24, 2.45) is 5.92 Å². The average Bonchev–Trinajstić information content (AvgIpc) is 2.94. The number of hydrogen-bond acceptors (Lipinski definition) is 3. The second kappa shape index (κ2) is 6.49. The minimum atomic E-state index is 0.892. The van der Waals surface area contributed by atoms with Gasteiger partial charge < -0.3 is 5.32 Å². The van der Waals surface area contributed by atoms with Gasteiger partial charge in [-0.05, 0) is 50.3 Å². The third-order valence-corrected chi connectivity index (χ3v) is 4.72. The molecular formula is C16H25N3. The van der Waals surface area contributed by atoms with Gasteiger partial charge in [-0.2, -0.15) is 0 Å². The van der Waals surface area contributed by atoms with E-state index in [9.17, 15) is 0 Å². The Kier molecular flexibility index (Phi) is 4.46. The monoisotopic (exact) mass is 259 g/mol. The standard InChI is InChI=1S/C16H25N3/c1-2-9-18-15(7-1)13-17-10-12-19-11-4-6-14-5-3-8-16(14)19/h1-2,7,9,14,16-17H,3-6,8,10-13H2. The van der Waals surface area contributed by atoms with E-state index < -0.39 is 0 Å². The molecule has 1 aromatic rings. The fraction of sp³-hybridized carbons (Fsp3) is 0.688. The summed E-state index contributed by atoms with van der Waals surface area (Å²) in [6.45, 7) is 4.49. The van der Waals surface area contributed by atoms with Gasteiger partial charge in [-0.1, -0.05) is 12.5 Å². The van der Waals surface area contributed by atoms with E-state index in [1.165, 1.54) is 45.2 Å². The number of likely N-dealkylation sites (tertiary alicyclic amines) is 1. The van der Waals surface area contributed by atoms with Gasteiger partial charge in [0.25, 0.3) is 0 Å². The first kappa shape index (κ1) is 13.1. The van der Waals surface area contributed by atoms with Crippen molar-refractivity contribution in [3.63, 3.8) is 0 Å². The number of pyridine rings is 1. The zero-order valence-corrected chi connectivity index (χ0v) is 11.7. The molecular weight excluding hydrogens is 234 g/mol. The summed E-state index contributed by atoms with van der Waals surface area (Å²) in [6, 6.07) is 7.00. The van der Waals surface area contributed by atoms with E-state index in [1.54, 1.807) is 0 Å². The lowest BCUT2D eigenvalue weighted by atomic mass is 9.92. The van der Waals surface area contributed by atoms with Crippen LogP contribution >= 0.6 is 0 Å². The van der Waals surface area contributed by atoms with E-state index in [1.807, 2.05) is 12.3 Å². The van der Waals surface area contributed by atoms with Crippen molar-refractivity contribution >= 4 is 0 Å². The van der Waals surface area contributed by atoms with Crippen LogP contribution in [0.5, 0.6) is 0 Å². The summed E-state index contributed by atoms with van der Waals surface area (Å²) in [5.41, 5.74) is 1.14. The number of piperidine rings is 1. The predicted molar refractivity (Wildman–Crippen MR) is 77.9 cm³/mol. The molecule has 3 nitrogen and oxygen atoms in total. The highest BCUT2D eigenvalue weighted by Gasteiger charge is 2.34. The minimum absolute atomic E-state index is 0.892. The summed E-state index contributed by atoms with van der Waals surface area (Å²) in [7, 11) is 0. The molecule has 1 N–H and O–H groups in total. The van der Waals surface area contributed by atoms with Crippen LogP contribution in [0.25, 0.3) is 0 Å². The fourth-order valence-electron chi connectivity index (χ4n) is 3.78. The van der Waals surface area contributed by atoms with Gasteiger partial charge in [0.1, 0.15) is 0 Å². The van der Waals surface area contributed by atoms with Gasteiger partial charge in [-0.3, -0.25) is 9.88 Å². The molecule has 1 aliphatic heterocycles. The Bertz CT molecular complexity index is 379. The molecule has 1 saturated heterocycles. The van der Waals surface area contributed by atoms with Crippen LogP contribution in [0.4, 0.5) is 0 Å². The summed E-state index contributed by atoms with van der Waals surface area (Å²) in [5.74, 6) is 1.00. The Labute approximate surface area is 116 Å². The maximum atomic E-state index is 4.34. The van der Waals surface area contributed by atoms with E-state index >= 15 is 0 Å². The van der Waals surface area contributed by atoms with Crippen molar-refractivity contribution in [1.82, 2.24) is 15.2 Å². The average molecular weight is 259 g/mol. The summed E-state index contributed by atoms with van der Waals surface area (Å²) >= 11 is 0. The van der Waals surface area contributed by atoms with Crippen molar-refractivity contribution in [2.75, 3.05) is 19.6 Å². The zero-order valence-electron chi connectivity index (χ0n) is 11.7. The van der Waals surface area contributed by atoms with Crippen LogP contribution in [0.3, 0.4) is 0 Å². The molecule has 0 spiro atoms. The molecule has 2 heterocycles. The predicted octanol–water partition coefficient (Wildman–Crippen LogP) is 2.44. The van der Waals surface area contributed by atoms with Gasteiger partial charge in [0.15, 0.2) is 0 Å². The highest BCUT2D eigenvalue weighted by Crippen LogP contribution is 2.36. The third-order valence-electron chi connectivity index (χ3n) is 4.72. The number of hydrogen-bond donors (Lipinski definition) is 1. The fourth-order valence-corrected chi connectivity index (χ4v) is 3.78. The van der Waals surface area contributed by atoms with Crippen LogP contribution in [0, 0.1) is 5.92 Å². The molecule has 3 rings (SSSR count). The topological polar surface area (TPSA) is 28.2 Å². The highest BCUT2D eigenvalue weighted by molar-refractivity contribution is 5.02. The van der Waals surface area contributed by atoms with Crippen molar-refractivity contribution in [1.29, 1.82) is 0 Å². The molecule has 3 heteroatoms. The van der Waals surface area contributed by atoms with E-state index in [0.717, 1.165) is 30.7 Å². The van der Waals surface area contributed by atoms with Crippen LogP contribution in [-0.2, 0) is 6.54 Å². The molecule has 2 fully saturated rings. The molecule has 0 bridgehead atoms. The van der Waals surface area contributed by atoms with Gasteiger partial charge in [0, 0.05) is 31.9 Å². The molecule has 2 atom stereocenters. The first-order valence-electron chi connectivity index (χ1n) is 7.78. The number of rotatable bonds is 5. The molecule has 0 radical (unpaired) electrons. The second-order valence-corrected chi connectivity index (χ2v) is 5.93. The van der Waals surface area contributed by atoms with Gasteiger partial charge >= 0.3 is 0 Å². The van der Waals surface area contributed by atoms with Crippen LogP contribution in [0.1, 0.15) is 37.8 Å². The lowest BCUT2D eigenvalue weighted by molar-refractivity contribution is 0.114. The first-order valence-corrected chi connectivity index (χ1v) is 7.78. The lowest BCUT2D eigenvalue weighted by Gasteiger charge is -2.37. The van der Waals surface area contributed by atoms with Gasteiger partial charge in [0.2, 0.25) is 0 Å². The number of aromatic nitrogens is 1. The van der Waals surface area contributed by atoms with Crippen LogP contribution in [0.2, 0.25) is 0 Å². The summed E-state index contributed by atoms with van der Waals surface area (Å²) in [6.07, 6.45) is 9.11. The van der Waals surface area contributed by atoms with Crippen molar-refractivity contribution in [3.05, 3.63) is 30.1 Å². The SMILES string of the molecule is c1ccc(CNCCN2CCCC3CCCC32)nc1. The molecule has 0 aromatic carbocycles. The maximum Gasteiger partial charge on any atom is 0.0541 e. The van der Waals surface area contributed by atoms with E-state index in [2.05, 4.69) is 27.3 Å². The molecule has 19 heavy (non-hydrogen) atoms. The normalized spacial score (nSPS) is 27.4. The molecule has 2 aliphatic rings. The van der Waals surface area contributed by atoms with Gasteiger partial charge in [-0.15, -0.1) is 0 Å². The Balaban J connectivity index is 1.40. The van der Waals surface area contributed by atoms with Crippen LogP contribution in [0.15, 0.2) is 24.4 Å². The Hall–Kier alpha value is -0.930. The molecule has 2 unspecified atom stereocenters. The lowest BCUT2D eigenvalue weighted by Crippen LogP contribution is -2.45. The zero-order chi connectivity index (χ0) is 12.9. The third kappa shape index (κ3) is 3.34. The summed E-state index contributed by atoms with van der Waals surface area (Å²) in [5, 5.41) is 3.52. The minimum Gasteiger partial charge on any atom is -0.310 e. The Morgan fingerprint density at radius 1 is 1.21 bits per heavy atom. The van der Waals surface area contributed by atoms with Crippen molar-refractivity contribution < 1.29 is 0 Å². The molecule has 1 saturated carbocycles. The Morgan fingerprint density at radius 3 is 3.05 bits per heavy atom. The quantitative estimate of drug-likeness (QED) is 0.823. The largest absolute Gasteiger partial charge is 0.310 e. The summed E-state index contributed by atoms with van der Waals surface area (Å²) < 4.78 is 0. The van der Waals surface area contributed by atoms with E-state index in [0.29, 0.717) is 0 Å². The van der Waals surface area contributed by atoms with E-state index in [-0.39, 0.29) is 0 Å². The molecule has 0 amide bonds. The van der Waals surface area contributed by atoms with Crippen molar-refractivity contribution in [3.8, 4) is 0 Å². The number of nitrogens with one attached hydrogen (secondary N) is 1. The van der Waals surface area contributed by atoms with Crippen LogP contribution < -0.4 is 5.32 Å². The second-order valence-electron chi connectivity index (χ2n) is 5.93. The van der Waals surface area contributed by atoms with Gasteiger partial charge in [-0.25, -0.2) is 0 Å². The number of nitrogens with zero attached hydrogens (tertiary/aromatic N) is 2. The van der Waals surface area contributed by atoms with Gasteiger partial charge in [0.05, 0.1) is 5.69 Å². The van der Waals surface area contributed by atoms with Crippen LogP contribution in [-0.4, -0.2) is 35.6 Å². The molecule has 104 valence electrons. The maximum absolute atomic E-state index is 4.34.